The van der Waals surface area contributed by atoms with Gasteiger partial charge in [-0.2, -0.15) is 0 Å². The largest absolute Gasteiger partial charge is 0.365 e. The zero-order valence-corrected chi connectivity index (χ0v) is 11.3. The SMILES string of the molecule is NC1CCCCC1Nc1ncc(Cl)cc1Br. The highest BCUT2D eigenvalue weighted by atomic mass is 79.9. The fourth-order valence-electron chi connectivity index (χ4n) is 2.04. The molecule has 1 saturated carbocycles. The lowest BCUT2D eigenvalue weighted by Crippen LogP contribution is -2.42. The first-order chi connectivity index (χ1) is 7.66. The Morgan fingerprint density at radius 3 is 2.88 bits per heavy atom. The van der Waals surface area contributed by atoms with Crippen molar-refractivity contribution >= 4 is 33.3 Å². The number of nitrogens with one attached hydrogen (secondary N) is 1. The van der Waals surface area contributed by atoms with Crippen molar-refractivity contribution in [2.24, 2.45) is 5.73 Å². The lowest BCUT2D eigenvalue weighted by Gasteiger charge is -2.30. The van der Waals surface area contributed by atoms with Gasteiger partial charge >= 0.3 is 0 Å². The lowest BCUT2D eigenvalue weighted by molar-refractivity contribution is 0.403. The van der Waals surface area contributed by atoms with Gasteiger partial charge in [-0.3, -0.25) is 0 Å². The van der Waals surface area contributed by atoms with Crippen molar-refractivity contribution in [3.63, 3.8) is 0 Å². The minimum absolute atomic E-state index is 0.220. The number of hydrogen-bond donors (Lipinski definition) is 2. The van der Waals surface area contributed by atoms with Crippen molar-refractivity contribution in [2.45, 2.75) is 37.8 Å². The van der Waals surface area contributed by atoms with Gasteiger partial charge in [0.25, 0.3) is 0 Å². The third-order valence-corrected chi connectivity index (χ3v) is 3.76. The highest BCUT2D eigenvalue weighted by Crippen LogP contribution is 2.26. The summed E-state index contributed by atoms with van der Waals surface area (Å²) in [5.74, 6) is 0.826. The summed E-state index contributed by atoms with van der Waals surface area (Å²) in [6.07, 6.45) is 6.30. The molecule has 2 rings (SSSR count). The van der Waals surface area contributed by atoms with Gasteiger partial charge in [0.05, 0.1) is 9.50 Å². The molecule has 0 aliphatic heterocycles. The predicted molar refractivity (Wildman–Crippen MR) is 70.8 cm³/mol. The normalized spacial score (nSPS) is 25.4. The number of pyridine rings is 1. The first kappa shape index (κ1) is 12.1. The number of rotatable bonds is 2. The Morgan fingerprint density at radius 2 is 2.19 bits per heavy atom. The maximum absolute atomic E-state index is 6.08. The highest BCUT2D eigenvalue weighted by Gasteiger charge is 2.22. The summed E-state index contributed by atoms with van der Waals surface area (Å²) < 4.78 is 0.887. The summed E-state index contributed by atoms with van der Waals surface area (Å²) in [5.41, 5.74) is 6.08. The zero-order valence-electron chi connectivity index (χ0n) is 8.92. The monoisotopic (exact) mass is 303 g/mol. The number of nitrogens with zero attached hydrogens (tertiary/aromatic N) is 1. The molecule has 2 unspecified atom stereocenters. The molecule has 1 aliphatic carbocycles. The number of hydrogen-bond acceptors (Lipinski definition) is 3. The summed E-state index contributed by atoms with van der Waals surface area (Å²) in [5, 5.41) is 4.01. The van der Waals surface area contributed by atoms with Crippen LogP contribution in [0.15, 0.2) is 16.7 Å². The van der Waals surface area contributed by atoms with Crippen molar-refractivity contribution in [1.82, 2.24) is 4.98 Å². The van der Waals surface area contributed by atoms with Gasteiger partial charge in [0.2, 0.25) is 0 Å². The fraction of sp³-hybridized carbons (Fsp3) is 0.545. The molecule has 0 bridgehead atoms. The van der Waals surface area contributed by atoms with Crippen LogP contribution in [0.25, 0.3) is 0 Å². The second kappa shape index (κ2) is 5.34. The summed E-state index contributed by atoms with van der Waals surface area (Å²) in [6.45, 7) is 0. The van der Waals surface area contributed by atoms with Crippen molar-refractivity contribution in [1.29, 1.82) is 0 Å². The Morgan fingerprint density at radius 1 is 1.44 bits per heavy atom. The molecule has 0 saturated heterocycles. The van der Waals surface area contributed by atoms with Crippen LogP contribution in [0.1, 0.15) is 25.7 Å². The topological polar surface area (TPSA) is 50.9 Å². The summed E-state index contributed by atoms with van der Waals surface area (Å²) >= 11 is 9.29. The van der Waals surface area contributed by atoms with Crippen LogP contribution in [0.5, 0.6) is 0 Å². The molecule has 2 atom stereocenters. The molecular formula is C11H15BrClN3. The van der Waals surface area contributed by atoms with E-state index >= 15 is 0 Å². The van der Waals surface area contributed by atoms with Gasteiger partial charge in [-0.1, -0.05) is 24.4 Å². The van der Waals surface area contributed by atoms with Crippen LogP contribution in [-0.2, 0) is 0 Å². The Kier molecular flexibility index (Phi) is 4.05. The van der Waals surface area contributed by atoms with E-state index < -0.39 is 0 Å². The van der Waals surface area contributed by atoms with E-state index in [2.05, 4.69) is 26.2 Å². The van der Waals surface area contributed by atoms with Gasteiger partial charge in [0.1, 0.15) is 5.82 Å². The lowest BCUT2D eigenvalue weighted by atomic mass is 9.91. The Hall–Kier alpha value is -0.320. The van der Waals surface area contributed by atoms with Gasteiger partial charge in [-0.25, -0.2) is 4.98 Å². The maximum Gasteiger partial charge on any atom is 0.140 e. The van der Waals surface area contributed by atoms with Gasteiger partial charge in [-0.15, -0.1) is 0 Å². The molecule has 0 aromatic carbocycles. The molecule has 1 heterocycles. The molecule has 0 amide bonds. The second-order valence-corrected chi connectivity index (χ2v) is 5.47. The van der Waals surface area contributed by atoms with Crippen LogP contribution < -0.4 is 11.1 Å². The standard InChI is InChI=1S/C11H15BrClN3/c12-8-5-7(13)6-15-11(8)16-10-4-2-1-3-9(10)14/h5-6,9-10H,1-4,14H2,(H,15,16). The van der Waals surface area contributed by atoms with E-state index in [0.29, 0.717) is 11.1 Å². The maximum atomic E-state index is 6.08. The summed E-state index contributed by atoms with van der Waals surface area (Å²) in [7, 11) is 0. The average Bonchev–Trinajstić information content (AvgIpc) is 2.25. The van der Waals surface area contributed by atoms with Crippen molar-refractivity contribution < 1.29 is 0 Å². The van der Waals surface area contributed by atoms with Gasteiger partial charge < -0.3 is 11.1 Å². The van der Waals surface area contributed by atoms with Crippen molar-refractivity contribution in [3.8, 4) is 0 Å². The average molecular weight is 305 g/mol. The highest BCUT2D eigenvalue weighted by molar-refractivity contribution is 9.10. The third kappa shape index (κ3) is 2.87. The molecule has 0 radical (unpaired) electrons. The molecular weight excluding hydrogens is 289 g/mol. The Labute approximate surface area is 109 Å². The van der Waals surface area contributed by atoms with Crippen LogP contribution in [0.4, 0.5) is 5.82 Å². The van der Waals surface area contributed by atoms with E-state index in [1.54, 1.807) is 6.20 Å². The first-order valence-corrected chi connectivity index (χ1v) is 6.67. The number of anilines is 1. The first-order valence-electron chi connectivity index (χ1n) is 5.50. The van der Waals surface area contributed by atoms with E-state index in [0.717, 1.165) is 23.1 Å². The quantitative estimate of drug-likeness (QED) is 0.882. The van der Waals surface area contributed by atoms with Crippen LogP contribution in [0.2, 0.25) is 5.02 Å². The molecule has 1 aliphatic rings. The van der Waals surface area contributed by atoms with Crippen molar-refractivity contribution in [3.05, 3.63) is 21.8 Å². The van der Waals surface area contributed by atoms with Crippen LogP contribution in [-0.4, -0.2) is 17.1 Å². The van der Waals surface area contributed by atoms with E-state index in [9.17, 15) is 0 Å². The smallest absolute Gasteiger partial charge is 0.140 e. The molecule has 3 N–H and O–H groups in total. The van der Waals surface area contributed by atoms with Gasteiger partial charge in [0.15, 0.2) is 0 Å². The van der Waals surface area contributed by atoms with Crippen LogP contribution in [0, 0.1) is 0 Å². The van der Waals surface area contributed by atoms with Crippen LogP contribution >= 0.6 is 27.5 Å². The number of halogens is 2. The summed E-state index contributed by atoms with van der Waals surface area (Å²) in [6, 6.07) is 2.38. The Bertz CT molecular complexity index is 372. The number of aromatic nitrogens is 1. The molecule has 1 fully saturated rings. The molecule has 16 heavy (non-hydrogen) atoms. The molecule has 3 nitrogen and oxygen atoms in total. The van der Waals surface area contributed by atoms with E-state index in [1.807, 2.05) is 6.07 Å². The second-order valence-electron chi connectivity index (χ2n) is 4.18. The fourth-order valence-corrected chi connectivity index (χ4v) is 2.79. The van der Waals surface area contributed by atoms with E-state index in [1.165, 1.54) is 12.8 Å². The van der Waals surface area contributed by atoms with E-state index in [-0.39, 0.29) is 6.04 Å². The minimum atomic E-state index is 0.220. The van der Waals surface area contributed by atoms with E-state index in [4.69, 9.17) is 17.3 Å². The Balaban J connectivity index is 2.07. The predicted octanol–water partition coefficient (Wildman–Crippen LogP) is 3.18. The molecule has 1 aromatic rings. The summed E-state index contributed by atoms with van der Waals surface area (Å²) in [4.78, 5) is 4.26. The molecule has 0 spiro atoms. The molecule has 5 heteroatoms. The third-order valence-electron chi connectivity index (χ3n) is 2.95. The van der Waals surface area contributed by atoms with Crippen LogP contribution in [0.3, 0.4) is 0 Å². The van der Waals surface area contributed by atoms with Crippen molar-refractivity contribution in [2.75, 3.05) is 5.32 Å². The van der Waals surface area contributed by atoms with Gasteiger partial charge in [-0.05, 0) is 34.8 Å². The van der Waals surface area contributed by atoms with Gasteiger partial charge in [0, 0.05) is 18.3 Å². The minimum Gasteiger partial charge on any atom is -0.365 e. The zero-order chi connectivity index (χ0) is 11.5. The molecule has 1 aromatic heterocycles. The molecule has 88 valence electrons. The number of nitrogens with two attached hydrogens (primary N) is 1.